The van der Waals surface area contributed by atoms with E-state index < -0.39 is 35.2 Å². The van der Waals surface area contributed by atoms with E-state index in [4.69, 9.17) is 4.74 Å². The number of nitrogens with one attached hydrogen (secondary N) is 1. The van der Waals surface area contributed by atoms with Crippen molar-refractivity contribution in [3.05, 3.63) is 0 Å². The first-order chi connectivity index (χ1) is 7.84. The van der Waals surface area contributed by atoms with Crippen molar-refractivity contribution in [1.82, 2.24) is 5.32 Å². The number of hydrogen-bond donors (Lipinski definition) is 2. The van der Waals surface area contributed by atoms with E-state index >= 15 is 0 Å². The number of rotatable bonds is 5. The van der Waals surface area contributed by atoms with Crippen LogP contribution in [-0.4, -0.2) is 40.9 Å². The average molecular weight is 263 g/mol. The summed E-state index contributed by atoms with van der Waals surface area (Å²) in [5.74, 6) is -2.44. The van der Waals surface area contributed by atoms with E-state index in [1.807, 2.05) is 0 Å². The highest BCUT2D eigenvalue weighted by atomic mass is 19.1. The summed E-state index contributed by atoms with van der Waals surface area (Å²) in [6.45, 7) is 7.29. The fourth-order valence-electron chi connectivity index (χ4n) is 1.53. The minimum Gasteiger partial charge on any atom is -0.479 e. The average Bonchev–Trinajstić information content (AvgIpc) is 2.08. The fraction of sp³-hybridized carbons (Fsp3) is 0.833. The maximum absolute atomic E-state index is 13.7. The minimum atomic E-state index is -2.08. The summed E-state index contributed by atoms with van der Waals surface area (Å²) in [5, 5.41) is 11.6. The van der Waals surface area contributed by atoms with Crippen LogP contribution < -0.4 is 5.32 Å². The zero-order valence-corrected chi connectivity index (χ0v) is 11.8. The maximum Gasteiger partial charge on any atom is 0.338 e. The van der Waals surface area contributed by atoms with Crippen LogP contribution in [0.4, 0.5) is 4.39 Å². The molecule has 0 aromatic rings. The van der Waals surface area contributed by atoms with Crippen LogP contribution in [0.15, 0.2) is 0 Å². The largest absolute Gasteiger partial charge is 0.479 e. The third-order valence-corrected chi connectivity index (χ3v) is 2.22. The summed E-state index contributed by atoms with van der Waals surface area (Å²) >= 11 is 0. The lowest BCUT2D eigenvalue weighted by molar-refractivity contribution is -0.173. The van der Waals surface area contributed by atoms with Gasteiger partial charge in [-0.2, -0.15) is 0 Å². The van der Waals surface area contributed by atoms with Gasteiger partial charge in [0.25, 0.3) is 0 Å². The van der Waals surface area contributed by atoms with Crippen LogP contribution in [0.5, 0.6) is 0 Å². The summed E-state index contributed by atoms with van der Waals surface area (Å²) in [5.41, 5.74) is -4.74. The molecule has 0 aromatic heterocycles. The molecule has 0 radical (unpaired) electrons. The van der Waals surface area contributed by atoms with Crippen LogP contribution >= 0.6 is 0 Å². The van der Waals surface area contributed by atoms with Gasteiger partial charge in [0.1, 0.15) is 11.3 Å². The first-order valence-corrected chi connectivity index (χ1v) is 5.69. The number of alkyl halides is 1. The number of carbonyl (C=O) groups excluding carboxylic acids is 1. The van der Waals surface area contributed by atoms with Crippen LogP contribution in [0.3, 0.4) is 0 Å². The highest BCUT2D eigenvalue weighted by molar-refractivity contribution is 6.04. The Kier molecular flexibility index (Phi) is 4.88. The Morgan fingerprint density at radius 1 is 1.22 bits per heavy atom. The molecule has 0 saturated carbocycles. The van der Waals surface area contributed by atoms with Gasteiger partial charge in [-0.3, -0.25) is 5.32 Å². The second-order valence-corrected chi connectivity index (χ2v) is 5.86. The van der Waals surface area contributed by atoms with E-state index in [1.54, 1.807) is 20.8 Å². The number of likely N-dealkylation sites (N-methyl/N-ethyl adjacent to an activating group) is 1. The molecule has 0 rings (SSSR count). The number of carboxylic acids is 1. The summed E-state index contributed by atoms with van der Waals surface area (Å²) in [4.78, 5) is 23.3. The molecule has 0 heterocycles. The maximum atomic E-state index is 13.7. The number of esters is 1. The van der Waals surface area contributed by atoms with Crippen LogP contribution in [0, 0.1) is 0 Å². The Morgan fingerprint density at radius 2 is 1.67 bits per heavy atom. The van der Waals surface area contributed by atoms with Gasteiger partial charge in [-0.15, -0.1) is 0 Å². The second-order valence-electron chi connectivity index (χ2n) is 5.86. The van der Waals surface area contributed by atoms with E-state index in [-0.39, 0.29) is 0 Å². The third kappa shape index (κ3) is 4.60. The van der Waals surface area contributed by atoms with Crippen LogP contribution in [0.1, 0.15) is 41.0 Å². The molecule has 0 spiro atoms. The normalized spacial score (nSPS) is 15.9. The number of carbonyl (C=O) groups is 2. The molecule has 0 unspecified atom stereocenters. The van der Waals surface area contributed by atoms with Crippen molar-refractivity contribution in [2.45, 2.75) is 57.8 Å². The van der Waals surface area contributed by atoms with E-state index in [2.05, 4.69) is 5.32 Å². The molecule has 6 heteroatoms. The van der Waals surface area contributed by atoms with Crippen LogP contribution in [0.2, 0.25) is 0 Å². The van der Waals surface area contributed by atoms with Crippen molar-refractivity contribution in [2.75, 3.05) is 7.05 Å². The fourth-order valence-corrected chi connectivity index (χ4v) is 1.53. The second kappa shape index (κ2) is 5.22. The molecule has 0 aromatic carbocycles. The van der Waals surface area contributed by atoms with Crippen molar-refractivity contribution in [2.24, 2.45) is 0 Å². The smallest absolute Gasteiger partial charge is 0.338 e. The zero-order chi connectivity index (χ0) is 14.8. The lowest BCUT2D eigenvalue weighted by Gasteiger charge is -2.33. The van der Waals surface area contributed by atoms with Gasteiger partial charge in [-0.1, -0.05) is 0 Å². The number of halogens is 1. The first-order valence-electron chi connectivity index (χ1n) is 5.69. The predicted octanol–water partition coefficient (Wildman–Crippen LogP) is 1.51. The molecule has 2 N–H and O–H groups in total. The van der Waals surface area contributed by atoms with E-state index in [1.165, 1.54) is 20.9 Å². The molecule has 0 saturated heterocycles. The third-order valence-electron chi connectivity index (χ3n) is 2.22. The number of hydrogen-bond acceptors (Lipinski definition) is 4. The van der Waals surface area contributed by atoms with Gasteiger partial charge in [0, 0.05) is 6.42 Å². The Morgan fingerprint density at radius 3 is 1.89 bits per heavy atom. The molecular formula is C12H22FNO4. The van der Waals surface area contributed by atoms with Crippen molar-refractivity contribution < 1.29 is 23.8 Å². The van der Waals surface area contributed by atoms with Gasteiger partial charge in [-0.05, 0) is 41.7 Å². The van der Waals surface area contributed by atoms with Crippen molar-refractivity contribution >= 4 is 11.9 Å². The van der Waals surface area contributed by atoms with Gasteiger partial charge < -0.3 is 9.84 Å². The molecular weight excluding hydrogens is 241 g/mol. The van der Waals surface area contributed by atoms with Crippen LogP contribution in [-0.2, 0) is 14.3 Å². The lowest BCUT2D eigenvalue weighted by Crippen LogP contribution is -2.61. The molecule has 0 aliphatic heterocycles. The molecule has 5 nitrogen and oxygen atoms in total. The van der Waals surface area contributed by atoms with Crippen LogP contribution in [0.25, 0.3) is 0 Å². The first kappa shape index (κ1) is 16.8. The Bertz CT molecular complexity index is 330. The molecule has 1 atom stereocenters. The Labute approximate surface area is 107 Å². The number of ether oxygens (including phenoxy) is 1. The predicted molar refractivity (Wildman–Crippen MR) is 65.1 cm³/mol. The molecule has 0 aliphatic carbocycles. The Balaban J connectivity index is 5.34. The van der Waals surface area contributed by atoms with Gasteiger partial charge in [-0.25, -0.2) is 14.0 Å². The highest BCUT2D eigenvalue weighted by Crippen LogP contribution is 2.27. The zero-order valence-electron chi connectivity index (χ0n) is 11.8. The molecule has 18 heavy (non-hydrogen) atoms. The van der Waals surface area contributed by atoms with Crippen molar-refractivity contribution in [1.29, 1.82) is 0 Å². The van der Waals surface area contributed by atoms with E-state index in [0.717, 1.165) is 0 Å². The quantitative estimate of drug-likeness (QED) is 0.581. The van der Waals surface area contributed by atoms with Gasteiger partial charge in [0.15, 0.2) is 0 Å². The SMILES string of the molecule is CN[C@@](CC(C)(C)F)(C(=O)O)C(=O)OC(C)(C)C. The summed E-state index contributed by atoms with van der Waals surface area (Å²) < 4.78 is 18.8. The lowest BCUT2D eigenvalue weighted by atomic mass is 9.87. The molecule has 106 valence electrons. The van der Waals surface area contributed by atoms with Gasteiger partial charge in [0.05, 0.1) is 0 Å². The van der Waals surface area contributed by atoms with Gasteiger partial charge >= 0.3 is 11.9 Å². The standard InChI is InChI=1S/C12H22FNO4/c1-10(2,3)18-9(17)12(14-6,8(15)16)7-11(4,5)13/h14H,7H2,1-6H3,(H,15,16)/t12-/m0/s1. The molecule has 0 fully saturated rings. The highest BCUT2D eigenvalue weighted by Gasteiger charge is 2.51. The number of aliphatic carboxylic acids is 1. The monoisotopic (exact) mass is 263 g/mol. The van der Waals surface area contributed by atoms with Crippen molar-refractivity contribution in [3.8, 4) is 0 Å². The number of carboxylic acid groups (broad SMARTS) is 1. The van der Waals surface area contributed by atoms with Gasteiger partial charge in [0.2, 0.25) is 5.54 Å². The van der Waals surface area contributed by atoms with E-state index in [9.17, 15) is 19.1 Å². The Hall–Kier alpha value is -1.17. The summed E-state index contributed by atoms with van der Waals surface area (Å²) in [6.07, 6.45) is -0.513. The molecule has 0 aliphatic rings. The molecule has 0 amide bonds. The topological polar surface area (TPSA) is 75.6 Å². The van der Waals surface area contributed by atoms with Crippen molar-refractivity contribution in [3.63, 3.8) is 0 Å². The summed E-state index contributed by atoms with van der Waals surface area (Å²) in [6, 6.07) is 0. The van der Waals surface area contributed by atoms with E-state index in [0.29, 0.717) is 0 Å². The molecule has 0 bridgehead atoms. The summed E-state index contributed by atoms with van der Waals surface area (Å²) in [7, 11) is 1.30. The minimum absolute atomic E-state index is 0.513.